The Labute approximate surface area is 43.1 Å². The summed E-state index contributed by atoms with van der Waals surface area (Å²) in [4.78, 5) is 0. The van der Waals surface area contributed by atoms with Crippen molar-refractivity contribution in [1.82, 2.24) is 0 Å². The van der Waals surface area contributed by atoms with Crippen molar-refractivity contribution in [1.29, 1.82) is 0 Å². The molecular weight excluding hydrogens is 92.1 g/mol. The van der Waals surface area contributed by atoms with Crippen molar-refractivity contribution in [3.63, 3.8) is 0 Å². The minimum atomic E-state index is -0.116. The summed E-state index contributed by atoms with van der Waals surface area (Å²) < 4.78 is 4.82. The van der Waals surface area contributed by atoms with Gasteiger partial charge in [0.1, 0.15) is 6.79 Å². The van der Waals surface area contributed by atoms with Crippen LogP contribution in [-0.4, -0.2) is 18.0 Å². The van der Waals surface area contributed by atoms with E-state index in [9.17, 15) is 0 Å². The van der Waals surface area contributed by atoms with Crippen molar-refractivity contribution >= 4 is 0 Å². The van der Waals surface area contributed by atoms with Gasteiger partial charge in [-0.2, -0.15) is 0 Å². The van der Waals surface area contributed by atoms with Crippen LogP contribution in [0.2, 0.25) is 0 Å². The first kappa shape index (κ1) is 5.06. The summed E-state index contributed by atoms with van der Waals surface area (Å²) in [5.41, 5.74) is 0. The van der Waals surface area contributed by atoms with Crippen LogP contribution >= 0.6 is 0 Å². The van der Waals surface area contributed by atoms with Crippen LogP contribution in [0, 0.1) is 5.92 Å². The fourth-order valence-corrected chi connectivity index (χ4v) is 0.616. The van der Waals surface area contributed by atoms with E-state index in [-0.39, 0.29) is 6.79 Å². The van der Waals surface area contributed by atoms with Gasteiger partial charge < -0.3 is 9.84 Å². The summed E-state index contributed by atoms with van der Waals surface area (Å²) in [6.45, 7) is 2.00. The van der Waals surface area contributed by atoms with Gasteiger partial charge in [-0.25, -0.2) is 0 Å². The molecule has 0 aliphatic heterocycles. The van der Waals surface area contributed by atoms with Gasteiger partial charge in [0.25, 0.3) is 0 Å². The van der Waals surface area contributed by atoms with E-state index in [1.807, 2.05) is 0 Å². The van der Waals surface area contributed by atoms with Crippen LogP contribution in [0.4, 0.5) is 0 Å². The van der Waals surface area contributed by atoms with E-state index in [0.717, 1.165) is 6.42 Å². The van der Waals surface area contributed by atoms with Crippen LogP contribution in [0.5, 0.6) is 0 Å². The lowest BCUT2D eigenvalue weighted by atomic mass is 10.5. The van der Waals surface area contributed by atoms with Gasteiger partial charge in [0.15, 0.2) is 0 Å². The first-order valence-corrected chi connectivity index (χ1v) is 2.57. The smallest absolute Gasteiger partial charge is 0.143 e. The number of ether oxygens (including phenoxy) is 1. The predicted molar refractivity (Wildman–Crippen MR) is 25.7 cm³/mol. The minimum absolute atomic E-state index is 0.116. The summed E-state index contributed by atoms with van der Waals surface area (Å²) in [5, 5.41) is 8.17. The zero-order valence-electron chi connectivity index (χ0n) is 4.42. The zero-order chi connectivity index (χ0) is 5.28. The molecule has 1 saturated carbocycles. The first-order chi connectivity index (χ1) is 3.34. The van der Waals surface area contributed by atoms with E-state index in [0.29, 0.717) is 12.0 Å². The summed E-state index contributed by atoms with van der Waals surface area (Å²) in [6, 6.07) is 0. The van der Waals surface area contributed by atoms with Gasteiger partial charge in [-0.05, 0) is 12.3 Å². The van der Waals surface area contributed by atoms with E-state index in [4.69, 9.17) is 9.84 Å². The van der Waals surface area contributed by atoms with E-state index in [1.165, 1.54) is 0 Å². The molecule has 0 aromatic heterocycles. The molecule has 1 fully saturated rings. The molecule has 0 spiro atoms. The van der Waals surface area contributed by atoms with Crippen LogP contribution in [0.3, 0.4) is 0 Å². The maximum Gasteiger partial charge on any atom is 0.143 e. The highest BCUT2D eigenvalue weighted by molar-refractivity contribution is 4.82. The van der Waals surface area contributed by atoms with Crippen molar-refractivity contribution in [3.05, 3.63) is 0 Å². The van der Waals surface area contributed by atoms with Crippen LogP contribution in [0.25, 0.3) is 0 Å². The molecule has 0 radical (unpaired) electrons. The fourth-order valence-electron chi connectivity index (χ4n) is 0.616. The molecule has 2 nitrogen and oxygen atoms in total. The lowest BCUT2D eigenvalue weighted by Gasteiger charge is -1.91. The summed E-state index contributed by atoms with van der Waals surface area (Å²) in [6.07, 6.45) is 1.49. The molecule has 0 aromatic rings. The third-order valence-electron chi connectivity index (χ3n) is 1.32. The van der Waals surface area contributed by atoms with E-state index in [1.54, 1.807) is 0 Å². The number of aliphatic hydroxyl groups excluding tert-OH is 1. The van der Waals surface area contributed by atoms with Crippen LogP contribution < -0.4 is 0 Å². The second kappa shape index (κ2) is 1.80. The first-order valence-electron chi connectivity index (χ1n) is 2.57. The molecule has 0 bridgehead atoms. The Morgan fingerprint density at radius 3 is 2.57 bits per heavy atom. The lowest BCUT2D eigenvalue weighted by molar-refractivity contribution is -0.0160. The molecule has 0 unspecified atom stereocenters. The summed E-state index contributed by atoms with van der Waals surface area (Å²) in [5.74, 6) is 0.687. The lowest BCUT2D eigenvalue weighted by Crippen LogP contribution is -1.95. The highest BCUT2D eigenvalue weighted by atomic mass is 16.6. The maximum absolute atomic E-state index is 8.17. The van der Waals surface area contributed by atoms with Gasteiger partial charge in [0.05, 0.1) is 6.10 Å². The Kier molecular flexibility index (Phi) is 1.30. The van der Waals surface area contributed by atoms with Crippen molar-refractivity contribution < 1.29 is 9.84 Å². The monoisotopic (exact) mass is 102 g/mol. The van der Waals surface area contributed by atoms with Crippen LogP contribution in [0.15, 0.2) is 0 Å². The predicted octanol–water partition coefficient (Wildman–Crippen LogP) is 0.361. The van der Waals surface area contributed by atoms with Crippen LogP contribution in [-0.2, 0) is 4.74 Å². The van der Waals surface area contributed by atoms with Crippen molar-refractivity contribution in [2.75, 3.05) is 6.79 Å². The summed E-state index contributed by atoms with van der Waals surface area (Å²) in [7, 11) is 0. The molecule has 0 saturated heterocycles. The molecule has 1 aliphatic carbocycles. The normalized spacial score (nSPS) is 38.6. The van der Waals surface area contributed by atoms with Gasteiger partial charge in [0, 0.05) is 0 Å². The Bertz CT molecular complexity index is 63.1. The summed E-state index contributed by atoms with van der Waals surface area (Å²) >= 11 is 0. The van der Waals surface area contributed by atoms with Crippen molar-refractivity contribution in [2.24, 2.45) is 5.92 Å². The highest BCUT2D eigenvalue weighted by Crippen LogP contribution is 2.32. The average molecular weight is 102 g/mol. The molecular formula is C5H10O2. The molecule has 1 rings (SSSR count). The topological polar surface area (TPSA) is 29.5 Å². The Hall–Kier alpha value is -0.0800. The van der Waals surface area contributed by atoms with Gasteiger partial charge in [-0.15, -0.1) is 0 Å². The molecule has 1 N–H and O–H groups in total. The molecule has 0 aromatic carbocycles. The number of aliphatic hydroxyl groups is 1. The van der Waals surface area contributed by atoms with Crippen LogP contribution in [0.1, 0.15) is 13.3 Å². The van der Waals surface area contributed by atoms with E-state index >= 15 is 0 Å². The third-order valence-corrected chi connectivity index (χ3v) is 1.32. The largest absolute Gasteiger partial charge is 0.371 e. The minimum Gasteiger partial charge on any atom is -0.371 e. The third kappa shape index (κ3) is 1.14. The SMILES string of the molecule is C[C@@H]1C[C@@H]1OCO. The molecule has 0 amide bonds. The second-order valence-corrected chi connectivity index (χ2v) is 2.05. The van der Waals surface area contributed by atoms with E-state index in [2.05, 4.69) is 6.92 Å². The highest BCUT2D eigenvalue weighted by Gasteiger charge is 2.33. The van der Waals surface area contributed by atoms with Gasteiger partial charge in [0.2, 0.25) is 0 Å². The van der Waals surface area contributed by atoms with Gasteiger partial charge in [-0.1, -0.05) is 6.92 Å². The molecule has 1 aliphatic rings. The molecule has 2 heteroatoms. The van der Waals surface area contributed by atoms with Gasteiger partial charge >= 0.3 is 0 Å². The number of rotatable bonds is 2. The van der Waals surface area contributed by atoms with Crippen molar-refractivity contribution in [3.8, 4) is 0 Å². The molecule has 0 heterocycles. The molecule has 2 atom stereocenters. The molecule has 42 valence electrons. The number of hydrogen-bond donors (Lipinski definition) is 1. The van der Waals surface area contributed by atoms with E-state index < -0.39 is 0 Å². The average Bonchev–Trinajstić information content (AvgIpc) is 2.22. The Balaban J connectivity index is 1.98. The second-order valence-electron chi connectivity index (χ2n) is 2.05. The zero-order valence-corrected chi connectivity index (χ0v) is 4.42. The standard InChI is InChI=1S/C5H10O2/c1-4-2-5(4)7-3-6/h4-6H,2-3H2,1H3/t4-,5+/m1/s1. The Morgan fingerprint density at radius 1 is 1.86 bits per heavy atom. The fraction of sp³-hybridized carbons (Fsp3) is 1.00. The Morgan fingerprint density at radius 2 is 2.43 bits per heavy atom. The van der Waals surface area contributed by atoms with Crippen molar-refractivity contribution in [2.45, 2.75) is 19.4 Å². The quantitative estimate of drug-likeness (QED) is 0.510. The van der Waals surface area contributed by atoms with Gasteiger partial charge in [-0.3, -0.25) is 0 Å². The maximum atomic E-state index is 8.17. The molecule has 7 heavy (non-hydrogen) atoms. The number of hydrogen-bond acceptors (Lipinski definition) is 2.